The number of ether oxygens (including phenoxy) is 1. The number of hydrogen-bond donors (Lipinski definition) is 2. The zero-order valence-corrected chi connectivity index (χ0v) is 14.2. The van der Waals surface area contributed by atoms with E-state index in [0.717, 1.165) is 11.3 Å². The van der Waals surface area contributed by atoms with Crippen LogP contribution >= 0.6 is 0 Å². The lowest BCUT2D eigenvalue weighted by Gasteiger charge is -2.23. The highest BCUT2D eigenvalue weighted by atomic mass is 16.5. The van der Waals surface area contributed by atoms with Gasteiger partial charge < -0.3 is 19.9 Å². The Hall–Kier alpha value is -2.93. The Morgan fingerprint density at radius 2 is 2.35 bits per heavy atom. The SMILES string of the molecule is CN1C[C@]23C=C[C@H](O2)[C@H](C(=O)Nc2cccc(-c4cnc[nH]4)c2)[C@@H]3C1=O. The van der Waals surface area contributed by atoms with Crippen LogP contribution in [0.4, 0.5) is 5.69 Å². The Bertz CT molecular complexity index is 923. The molecule has 2 aromatic rings. The van der Waals surface area contributed by atoms with Crippen molar-refractivity contribution in [2.45, 2.75) is 11.7 Å². The number of benzene rings is 1. The van der Waals surface area contributed by atoms with Crippen LogP contribution in [0.3, 0.4) is 0 Å². The zero-order valence-electron chi connectivity index (χ0n) is 14.2. The third-order valence-electron chi connectivity index (χ3n) is 5.53. The maximum Gasteiger partial charge on any atom is 0.231 e. The standard InChI is InChI=1S/C19H18N4O3/c1-23-9-19-6-5-14(26-19)15(16(19)18(23)25)17(24)22-12-4-2-3-11(7-12)13-8-20-10-21-13/h2-8,10,14-16H,9H2,1H3,(H,20,21)(H,22,24)/t14-,15-,16+,19-/m0/s1. The molecule has 0 saturated carbocycles. The van der Waals surface area contributed by atoms with Crippen molar-refractivity contribution in [3.63, 3.8) is 0 Å². The molecule has 2 saturated heterocycles. The summed E-state index contributed by atoms with van der Waals surface area (Å²) < 4.78 is 6.03. The second-order valence-corrected chi connectivity index (χ2v) is 7.13. The highest BCUT2D eigenvalue weighted by Crippen LogP contribution is 2.51. The molecule has 4 heterocycles. The fourth-order valence-electron chi connectivity index (χ4n) is 4.39. The lowest BCUT2D eigenvalue weighted by Crippen LogP contribution is -2.41. The van der Waals surface area contributed by atoms with Gasteiger partial charge in [0.15, 0.2) is 0 Å². The minimum Gasteiger partial charge on any atom is -0.360 e. The average molecular weight is 350 g/mol. The molecule has 1 aromatic carbocycles. The molecule has 5 rings (SSSR count). The van der Waals surface area contributed by atoms with Gasteiger partial charge in [0.25, 0.3) is 0 Å². The Kier molecular flexibility index (Phi) is 3.12. The number of carbonyl (C=O) groups is 2. The van der Waals surface area contributed by atoms with Crippen LogP contribution in [0.2, 0.25) is 0 Å². The van der Waals surface area contributed by atoms with Gasteiger partial charge in [0.05, 0.1) is 42.7 Å². The molecule has 2 bridgehead atoms. The molecule has 1 spiro atoms. The van der Waals surface area contributed by atoms with Gasteiger partial charge >= 0.3 is 0 Å². The fraction of sp³-hybridized carbons (Fsp3) is 0.316. The summed E-state index contributed by atoms with van der Waals surface area (Å²) in [6, 6.07) is 7.53. The number of imidazole rings is 1. The van der Waals surface area contributed by atoms with Crippen LogP contribution in [0.15, 0.2) is 48.9 Å². The Morgan fingerprint density at radius 3 is 3.15 bits per heavy atom. The van der Waals surface area contributed by atoms with Crippen LogP contribution in [-0.2, 0) is 14.3 Å². The number of aromatic amines is 1. The summed E-state index contributed by atoms with van der Waals surface area (Å²) >= 11 is 0. The van der Waals surface area contributed by atoms with Crippen LogP contribution < -0.4 is 5.32 Å². The van der Waals surface area contributed by atoms with Crippen molar-refractivity contribution in [2.24, 2.45) is 11.8 Å². The van der Waals surface area contributed by atoms with E-state index in [-0.39, 0.29) is 17.9 Å². The quantitative estimate of drug-likeness (QED) is 0.820. The van der Waals surface area contributed by atoms with Gasteiger partial charge in [-0.1, -0.05) is 24.3 Å². The van der Waals surface area contributed by atoms with E-state index in [9.17, 15) is 9.59 Å². The van der Waals surface area contributed by atoms with Crippen LogP contribution in [0.5, 0.6) is 0 Å². The Balaban J connectivity index is 1.41. The van der Waals surface area contributed by atoms with Crippen LogP contribution in [0, 0.1) is 11.8 Å². The molecule has 7 heteroatoms. The highest BCUT2D eigenvalue weighted by molar-refractivity contribution is 5.99. The first-order chi connectivity index (χ1) is 12.6. The minimum absolute atomic E-state index is 0.0248. The molecule has 4 atom stereocenters. The van der Waals surface area contributed by atoms with E-state index in [1.807, 2.05) is 36.4 Å². The largest absolute Gasteiger partial charge is 0.360 e. The molecule has 0 unspecified atom stereocenters. The van der Waals surface area contributed by atoms with Gasteiger partial charge in [-0.3, -0.25) is 9.59 Å². The van der Waals surface area contributed by atoms with E-state index in [4.69, 9.17) is 4.74 Å². The molecule has 2 fully saturated rings. The second kappa shape index (κ2) is 5.28. The van der Waals surface area contributed by atoms with Crippen LogP contribution in [-0.4, -0.2) is 52.0 Å². The number of nitrogens with one attached hydrogen (secondary N) is 2. The molecule has 3 aliphatic heterocycles. The van der Waals surface area contributed by atoms with E-state index in [2.05, 4.69) is 15.3 Å². The zero-order chi connectivity index (χ0) is 17.9. The van der Waals surface area contributed by atoms with Crippen molar-refractivity contribution in [3.8, 4) is 11.3 Å². The molecule has 2 amide bonds. The van der Waals surface area contributed by atoms with Crippen molar-refractivity contribution in [3.05, 3.63) is 48.9 Å². The fourth-order valence-corrected chi connectivity index (χ4v) is 4.39. The minimum atomic E-state index is -0.643. The molecule has 7 nitrogen and oxygen atoms in total. The van der Waals surface area contributed by atoms with Crippen molar-refractivity contribution < 1.29 is 14.3 Å². The molecule has 3 aliphatic rings. The number of likely N-dealkylation sites (N-methyl/N-ethyl adjacent to an activating group) is 1. The van der Waals surface area contributed by atoms with Gasteiger partial charge in [-0.15, -0.1) is 0 Å². The van der Waals surface area contributed by atoms with E-state index < -0.39 is 17.4 Å². The molecular formula is C19H18N4O3. The van der Waals surface area contributed by atoms with Crippen LogP contribution in [0.25, 0.3) is 11.3 Å². The first-order valence-corrected chi connectivity index (χ1v) is 8.59. The normalized spacial score (nSPS) is 31.5. The summed E-state index contributed by atoms with van der Waals surface area (Å²) in [4.78, 5) is 34.3. The molecular weight excluding hydrogens is 332 g/mol. The van der Waals surface area contributed by atoms with Crippen molar-refractivity contribution in [1.82, 2.24) is 14.9 Å². The number of likely N-dealkylation sites (tertiary alicyclic amines) is 1. The van der Waals surface area contributed by atoms with Gasteiger partial charge in [-0.25, -0.2) is 4.98 Å². The number of carbonyl (C=O) groups excluding carboxylic acids is 2. The predicted octanol–water partition coefficient (Wildman–Crippen LogP) is 1.43. The second-order valence-electron chi connectivity index (χ2n) is 7.13. The molecule has 0 radical (unpaired) electrons. The lowest BCUT2D eigenvalue weighted by molar-refractivity contribution is -0.134. The van der Waals surface area contributed by atoms with Crippen LogP contribution in [0.1, 0.15) is 0 Å². The van der Waals surface area contributed by atoms with Crippen molar-refractivity contribution >= 4 is 17.5 Å². The van der Waals surface area contributed by atoms with Crippen molar-refractivity contribution in [2.75, 3.05) is 18.9 Å². The molecule has 132 valence electrons. The predicted molar refractivity (Wildman–Crippen MR) is 94.0 cm³/mol. The van der Waals surface area contributed by atoms with Gasteiger partial charge in [-0.05, 0) is 12.1 Å². The number of fused-ring (bicyclic) bond motifs is 1. The summed E-state index contributed by atoms with van der Waals surface area (Å²) in [5.74, 6) is -1.16. The van der Waals surface area contributed by atoms with Gasteiger partial charge in [0, 0.05) is 18.3 Å². The number of H-pyrrole nitrogens is 1. The summed E-state index contributed by atoms with van der Waals surface area (Å²) in [6.45, 7) is 0.503. The first-order valence-electron chi connectivity index (χ1n) is 8.59. The summed E-state index contributed by atoms with van der Waals surface area (Å²) in [5.41, 5.74) is 1.84. The highest BCUT2D eigenvalue weighted by Gasteiger charge is 2.66. The van der Waals surface area contributed by atoms with E-state index in [0.29, 0.717) is 12.2 Å². The Morgan fingerprint density at radius 1 is 1.46 bits per heavy atom. The number of nitrogens with zero attached hydrogens (tertiary/aromatic N) is 2. The van der Waals surface area contributed by atoms with Gasteiger partial charge in [0.1, 0.15) is 5.60 Å². The maximum atomic E-state index is 13.0. The third-order valence-corrected chi connectivity index (χ3v) is 5.53. The Labute approximate surface area is 150 Å². The number of aromatic nitrogens is 2. The maximum absolute atomic E-state index is 13.0. The van der Waals surface area contributed by atoms with Gasteiger partial charge in [-0.2, -0.15) is 0 Å². The number of hydrogen-bond acceptors (Lipinski definition) is 4. The molecule has 2 N–H and O–H groups in total. The molecule has 0 aliphatic carbocycles. The topological polar surface area (TPSA) is 87.3 Å². The average Bonchev–Trinajstić information content (AvgIpc) is 3.38. The molecule has 26 heavy (non-hydrogen) atoms. The number of amides is 2. The third kappa shape index (κ3) is 2.07. The summed E-state index contributed by atoms with van der Waals surface area (Å²) in [6.07, 6.45) is 6.86. The van der Waals surface area contributed by atoms with E-state index >= 15 is 0 Å². The van der Waals surface area contributed by atoms with Gasteiger partial charge in [0.2, 0.25) is 11.8 Å². The number of rotatable bonds is 3. The number of anilines is 1. The monoisotopic (exact) mass is 350 g/mol. The summed E-state index contributed by atoms with van der Waals surface area (Å²) in [7, 11) is 1.75. The van der Waals surface area contributed by atoms with Crippen molar-refractivity contribution in [1.29, 1.82) is 0 Å². The van der Waals surface area contributed by atoms with E-state index in [1.165, 1.54) is 0 Å². The molecule has 1 aromatic heterocycles. The van der Waals surface area contributed by atoms with E-state index in [1.54, 1.807) is 24.5 Å². The first kappa shape index (κ1) is 15.3. The summed E-state index contributed by atoms with van der Waals surface area (Å²) in [5, 5.41) is 2.96. The lowest BCUT2D eigenvalue weighted by atomic mass is 9.77. The smallest absolute Gasteiger partial charge is 0.231 e.